The second-order valence-electron chi connectivity index (χ2n) is 4.93. The molecule has 4 nitrogen and oxygen atoms in total. The first-order valence-corrected chi connectivity index (χ1v) is 8.85. The lowest BCUT2D eigenvalue weighted by Gasteiger charge is -2.02. The summed E-state index contributed by atoms with van der Waals surface area (Å²) in [4.78, 5) is 7.95. The monoisotopic (exact) mass is 356 g/mol. The molecule has 0 unspecified atom stereocenters. The Bertz CT molecular complexity index is 898. The topological polar surface area (TPSA) is 71.4 Å². The Balaban J connectivity index is 0.000000246. The average molecular weight is 356 g/mol. The van der Waals surface area contributed by atoms with E-state index >= 15 is 0 Å². The summed E-state index contributed by atoms with van der Waals surface area (Å²) in [6.07, 6.45) is 2.89. The van der Waals surface area contributed by atoms with Crippen molar-refractivity contribution in [2.24, 2.45) is 0 Å². The van der Waals surface area contributed by atoms with Gasteiger partial charge in [0.2, 0.25) is 0 Å². The molecule has 0 radical (unpaired) electrons. The molecule has 3 aromatic carbocycles. The molecule has 0 heterocycles. The minimum absolute atomic E-state index is 0.0457. The number of benzene rings is 3. The van der Waals surface area contributed by atoms with Gasteiger partial charge < -0.3 is 4.79 Å². The van der Waals surface area contributed by atoms with E-state index in [1.807, 2.05) is 37.1 Å². The van der Waals surface area contributed by atoms with Crippen LogP contribution in [-0.4, -0.2) is 19.8 Å². The highest BCUT2D eigenvalue weighted by Crippen LogP contribution is 2.21. The van der Waals surface area contributed by atoms with E-state index in [0.717, 1.165) is 11.8 Å². The Hall–Kier alpha value is -2.76. The van der Waals surface area contributed by atoms with Gasteiger partial charge in [0.15, 0.2) is 0 Å². The van der Waals surface area contributed by atoms with Crippen molar-refractivity contribution in [3.05, 3.63) is 91.0 Å². The van der Waals surface area contributed by atoms with Crippen LogP contribution in [0.4, 0.5) is 0 Å². The molecule has 0 aromatic heterocycles. The molecule has 5 heteroatoms. The molecule has 0 saturated heterocycles. The van der Waals surface area contributed by atoms with E-state index in [9.17, 15) is 8.42 Å². The minimum atomic E-state index is -4.13. The summed E-state index contributed by atoms with van der Waals surface area (Å²) < 4.78 is 31.0. The van der Waals surface area contributed by atoms with Gasteiger partial charge in [-0.15, -0.1) is 6.58 Å². The SMILES string of the molecule is C=CCc1ccccc1.C=O.O=S(=O)(O)c1cccc2ccccc12. The van der Waals surface area contributed by atoms with Crippen LogP contribution in [0.3, 0.4) is 0 Å². The Morgan fingerprint density at radius 1 is 0.840 bits per heavy atom. The van der Waals surface area contributed by atoms with Crippen molar-refractivity contribution in [3.8, 4) is 0 Å². The minimum Gasteiger partial charge on any atom is -0.307 e. The third-order valence-corrected chi connectivity index (χ3v) is 4.16. The second kappa shape index (κ2) is 10.2. The molecule has 0 saturated carbocycles. The Labute approximate surface area is 148 Å². The van der Waals surface area contributed by atoms with Gasteiger partial charge in [0.25, 0.3) is 10.1 Å². The molecule has 3 rings (SSSR count). The number of fused-ring (bicyclic) bond motifs is 1. The molecule has 1 N–H and O–H groups in total. The van der Waals surface area contributed by atoms with Crippen LogP contribution in [0.5, 0.6) is 0 Å². The molecule has 0 aliphatic rings. The summed E-state index contributed by atoms with van der Waals surface area (Å²) in [5, 5.41) is 1.33. The van der Waals surface area contributed by atoms with Crippen LogP contribution < -0.4 is 0 Å². The number of hydrogen-bond donors (Lipinski definition) is 1. The molecule has 0 fully saturated rings. The van der Waals surface area contributed by atoms with Crippen molar-refractivity contribution in [2.45, 2.75) is 11.3 Å². The lowest BCUT2D eigenvalue weighted by molar-refractivity contribution is -0.0979. The van der Waals surface area contributed by atoms with Gasteiger partial charge in [0.05, 0.1) is 0 Å². The lowest BCUT2D eigenvalue weighted by atomic mass is 10.1. The molecule has 25 heavy (non-hydrogen) atoms. The smallest absolute Gasteiger partial charge is 0.295 e. The molecule has 130 valence electrons. The molecule has 0 spiro atoms. The van der Waals surface area contributed by atoms with Gasteiger partial charge in [-0.25, -0.2) is 0 Å². The van der Waals surface area contributed by atoms with Gasteiger partial charge in [-0.3, -0.25) is 4.55 Å². The number of carbonyl (C=O) groups is 1. The third kappa shape index (κ3) is 6.33. The van der Waals surface area contributed by atoms with Crippen molar-refractivity contribution < 1.29 is 17.8 Å². The molecular formula is C20H20O4S. The van der Waals surface area contributed by atoms with Gasteiger partial charge >= 0.3 is 0 Å². The number of rotatable bonds is 3. The highest BCUT2D eigenvalue weighted by Gasteiger charge is 2.12. The second-order valence-corrected chi connectivity index (χ2v) is 6.32. The Morgan fingerprint density at radius 3 is 2.00 bits per heavy atom. The van der Waals surface area contributed by atoms with Gasteiger partial charge in [0.1, 0.15) is 11.7 Å². The van der Waals surface area contributed by atoms with Gasteiger partial charge in [-0.05, 0) is 23.4 Å². The highest BCUT2D eigenvalue weighted by atomic mass is 32.2. The van der Waals surface area contributed by atoms with Crippen LogP contribution in [0.1, 0.15) is 5.56 Å². The summed E-state index contributed by atoms with van der Waals surface area (Å²) in [6.45, 7) is 5.66. The van der Waals surface area contributed by atoms with Gasteiger partial charge in [-0.2, -0.15) is 8.42 Å². The largest absolute Gasteiger partial charge is 0.307 e. The number of carbonyl (C=O) groups excluding carboxylic acids is 1. The van der Waals surface area contributed by atoms with E-state index in [1.54, 1.807) is 30.3 Å². The summed E-state index contributed by atoms with van der Waals surface area (Å²) in [5.41, 5.74) is 1.33. The molecule has 0 atom stereocenters. The van der Waals surface area contributed by atoms with Crippen LogP contribution in [0.2, 0.25) is 0 Å². The Morgan fingerprint density at radius 2 is 1.40 bits per heavy atom. The lowest BCUT2D eigenvalue weighted by Crippen LogP contribution is -1.98. The van der Waals surface area contributed by atoms with Crippen LogP contribution in [0.15, 0.2) is 90.3 Å². The molecule has 0 aliphatic carbocycles. The zero-order valence-corrected chi connectivity index (χ0v) is 14.5. The fourth-order valence-corrected chi connectivity index (χ4v) is 2.92. The fraction of sp³-hybridized carbons (Fsp3) is 0.0500. The highest BCUT2D eigenvalue weighted by molar-refractivity contribution is 7.86. The predicted octanol–water partition coefficient (Wildman–Crippen LogP) is 4.32. The van der Waals surface area contributed by atoms with Gasteiger partial charge in [-0.1, -0.05) is 72.8 Å². The summed E-state index contributed by atoms with van der Waals surface area (Å²) in [7, 11) is -4.13. The van der Waals surface area contributed by atoms with E-state index in [4.69, 9.17) is 9.35 Å². The standard InChI is InChI=1S/C10H8O3S.C9H10.CH2O/c11-14(12,13)10-7-3-5-8-4-1-2-6-9(8)10;1-2-6-9-7-4-3-5-8-9;1-2/h1-7H,(H,11,12,13);2-5,7-8H,1,6H2;1H2. The summed E-state index contributed by atoms with van der Waals surface area (Å²) in [6, 6.07) is 22.1. The van der Waals surface area contributed by atoms with Crippen molar-refractivity contribution in [1.29, 1.82) is 0 Å². The van der Waals surface area contributed by atoms with Crippen molar-refractivity contribution in [2.75, 3.05) is 0 Å². The first-order chi connectivity index (χ1) is 12.0. The van der Waals surface area contributed by atoms with Gasteiger partial charge in [0, 0.05) is 5.39 Å². The maximum atomic E-state index is 11.0. The van der Waals surface area contributed by atoms with E-state index in [2.05, 4.69) is 18.7 Å². The molecule has 0 bridgehead atoms. The zero-order chi connectivity index (χ0) is 18.7. The van der Waals surface area contributed by atoms with Crippen molar-refractivity contribution in [1.82, 2.24) is 0 Å². The van der Waals surface area contributed by atoms with E-state index < -0.39 is 10.1 Å². The first-order valence-electron chi connectivity index (χ1n) is 7.41. The maximum Gasteiger partial charge on any atom is 0.295 e. The predicted molar refractivity (Wildman–Crippen MR) is 101 cm³/mol. The van der Waals surface area contributed by atoms with Crippen LogP contribution in [0, 0.1) is 0 Å². The quantitative estimate of drug-likeness (QED) is 0.560. The van der Waals surface area contributed by atoms with E-state index in [-0.39, 0.29) is 4.90 Å². The average Bonchev–Trinajstić information content (AvgIpc) is 2.64. The summed E-state index contributed by atoms with van der Waals surface area (Å²) in [5.74, 6) is 0. The van der Waals surface area contributed by atoms with Crippen LogP contribution >= 0.6 is 0 Å². The van der Waals surface area contributed by atoms with E-state index in [1.165, 1.54) is 11.6 Å². The summed E-state index contributed by atoms with van der Waals surface area (Å²) >= 11 is 0. The molecule has 3 aromatic rings. The molecular weight excluding hydrogens is 336 g/mol. The third-order valence-electron chi connectivity index (χ3n) is 3.25. The Kier molecular flexibility index (Phi) is 8.26. The first kappa shape index (κ1) is 20.3. The number of allylic oxidation sites excluding steroid dienone is 1. The zero-order valence-electron chi connectivity index (χ0n) is 13.7. The molecule has 0 aliphatic heterocycles. The van der Waals surface area contributed by atoms with Crippen molar-refractivity contribution in [3.63, 3.8) is 0 Å². The molecule has 0 amide bonds. The van der Waals surface area contributed by atoms with E-state index in [0.29, 0.717) is 5.39 Å². The maximum absolute atomic E-state index is 11.0. The van der Waals surface area contributed by atoms with Crippen LogP contribution in [0.25, 0.3) is 10.8 Å². The van der Waals surface area contributed by atoms with Crippen molar-refractivity contribution >= 4 is 27.7 Å². The fourth-order valence-electron chi connectivity index (χ4n) is 2.20. The normalized spacial score (nSPS) is 9.96. The number of hydrogen-bond acceptors (Lipinski definition) is 3. The van der Waals surface area contributed by atoms with Crippen LogP contribution in [-0.2, 0) is 21.3 Å².